The molecule has 1 aliphatic heterocycles. The van der Waals surface area contributed by atoms with Crippen LogP contribution in [0.2, 0.25) is 5.02 Å². The molecular formula is C16H20Cl2N4O. The molecule has 1 atom stereocenters. The summed E-state index contributed by atoms with van der Waals surface area (Å²) in [4.78, 5) is 6.73. The Bertz CT molecular complexity index is 686. The van der Waals surface area contributed by atoms with Crippen LogP contribution in [-0.2, 0) is 0 Å². The van der Waals surface area contributed by atoms with Crippen LogP contribution >= 0.6 is 24.0 Å². The van der Waals surface area contributed by atoms with Crippen molar-refractivity contribution in [3.05, 3.63) is 46.6 Å². The van der Waals surface area contributed by atoms with E-state index in [1.807, 2.05) is 37.3 Å². The molecule has 7 heteroatoms. The van der Waals surface area contributed by atoms with Crippen molar-refractivity contribution < 1.29 is 4.52 Å². The van der Waals surface area contributed by atoms with Gasteiger partial charge in [-0.2, -0.15) is 4.98 Å². The van der Waals surface area contributed by atoms with Gasteiger partial charge in [-0.15, -0.1) is 12.4 Å². The number of hydrogen-bond donors (Lipinski definition) is 1. The zero-order valence-corrected chi connectivity index (χ0v) is 14.7. The number of likely N-dealkylation sites (N-methyl/N-ethyl adjacent to an activating group) is 1. The summed E-state index contributed by atoms with van der Waals surface area (Å²) in [6.07, 6.45) is 1.87. The second-order valence-electron chi connectivity index (χ2n) is 5.50. The van der Waals surface area contributed by atoms with Crippen molar-refractivity contribution in [3.63, 3.8) is 0 Å². The molecule has 3 rings (SSSR count). The number of allylic oxidation sites excluding steroid dienone is 1. The lowest BCUT2D eigenvalue weighted by atomic mass is 10.1. The van der Waals surface area contributed by atoms with Gasteiger partial charge in [0.15, 0.2) is 5.82 Å². The van der Waals surface area contributed by atoms with E-state index in [1.54, 1.807) is 0 Å². The van der Waals surface area contributed by atoms with Gasteiger partial charge >= 0.3 is 0 Å². The average Bonchev–Trinajstić information content (AvgIpc) is 2.96. The van der Waals surface area contributed by atoms with Gasteiger partial charge in [-0.25, -0.2) is 0 Å². The Hall–Kier alpha value is -1.40. The number of hydrogen-bond acceptors (Lipinski definition) is 5. The Morgan fingerprint density at radius 1 is 1.43 bits per heavy atom. The van der Waals surface area contributed by atoms with Crippen molar-refractivity contribution in [2.45, 2.75) is 13.0 Å². The van der Waals surface area contributed by atoms with Gasteiger partial charge < -0.3 is 9.84 Å². The van der Waals surface area contributed by atoms with Crippen molar-refractivity contribution in [1.29, 1.82) is 0 Å². The molecule has 0 radical (unpaired) electrons. The first-order valence-electron chi connectivity index (χ1n) is 7.33. The highest BCUT2D eigenvalue weighted by molar-refractivity contribution is 6.32. The molecular weight excluding hydrogens is 335 g/mol. The molecule has 2 aromatic rings. The molecule has 5 nitrogen and oxygen atoms in total. The fraction of sp³-hybridized carbons (Fsp3) is 0.375. The number of benzene rings is 1. The maximum Gasteiger partial charge on any atom is 0.250 e. The Morgan fingerprint density at radius 2 is 2.22 bits per heavy atom. The number of rotatable bonds is 3. The summed E-state index contributed by atoms with van der Waals surface area (Å²) in [7, 11) is 2.08. The highest BCUT2D eigenvalue weighted by Gasteiger charge is 2.24. The molecule has 1 saturated heterocycles. The van der Waals surface area contributed by atoms with Crippen molar-refractivity contribution in [3.8, 4) is 0 Å². The topological polar surface area (TPSA) is 54.2 Å². The maximum atomic E-state index is 6.21. The third-order valence-corrected chi connectivity index (χ3v) is 4.23. The molecule has 1 N–H and O–H groups in total. The van der Waals surface area contributed by atoms with E-state index in [9.17, 15) is 0 Å². The monoisotopic (exact) mass is 354 g/mol. The zero-order valence-electron chi connectivity index (χ0n) is 13.1. The van der Waals surface area contributed by atoms with Gasteiger partial charge in [-0.05, 0) is 31.2 Å². The highest BCUT2D eigenvalue weighted by atomic mass is 35.5. The van der Waals surface area contributed by atoms with Gasteiger partial charge in [-0.1, -0.05) is 35.0 Å². The normalized spacial score (nSPS) is 19.4. The van der Waals surface area contributed by atoms with Crippen LogP contribution < -0.4 is 5.32 Å². The van der Waals surface area contributed by atoms with Crippen LogP contribution in [0.3, 0.4) is 0 Å². The summed E-state index contributed by atoms with van der Waals surface area (Å²) in [5, 5.41) is 8.18. The van der Waals surface area contributed by atoms with Crippen LogP contribution in [0.4, 0.5) is 0 Å². The molecule has 0 amide bonds. The molecule has 0 saturated carbocycles. The molecule has 1 aliphatic rings. The van der Waals surface area contributed by atoms with Gasteiger partial charge in [0.05, 0.1) is 6.04 Å². The average molecular weight is 355 g/mol. The second-order valence-corrected chi connectivity index (χ2v) is 5.91. The van der Waals surface area contributed by atoms with E-state index in [4.69, 9.17) is 16.1 Å². The van der Waals surface area contributed by atoms with Crippen LogP contribution in [0.15, 0.2) is 28.8 Å². The summed E-state index contributed by atoms with van der Waals surface area (Å²) >= 11 is 6.21. The van der Waals surface area contributed by atoms with Crippen molar-refractivity contribution in [1.82, 2.24) is 20.4 Å². The van der Waals surface area contributed by atoms with E-state index in [0.29, 0.717) is 16.7 Å². The van der Waals surface area contributed by atoms with E-state index in [0.717, 1.165) is 30.8 Å². The fourth-order valence-electron chi connectivity index (χ4n) is 2.58. The molecule has 1 aromatic carbocycles. The minimum absolute atomic E-state index is 0. The molecule has 0 bridgehead atoms. The smallest absolute Gasteiger partial charge is 0.250 e. The maximum absolute atomic E-state index is 6.21. The van der Waals surface area contributed by atoms with E-state index < -0.39 is 0 Å². The van der Waals surface area contributed by atoms with Crippen molar-refractivity contribution in [2.75, 3.05) is 26.7 Å². The van der Waals surface area contributed by atoms with Crippen LogP contribution in [-0.4, -0.2) is 41.7 Å². The summed E-state index contributed by atoms with van der Waals surface area (Å²) in [6, 6.07) is 7.87. The van der Waals surface area contributed by atoms with E-state index >= 15 is 0 Å². The standard InChI is InChI=1S/C16H19ClN4O.ClH/c1-11(12-5-3-4-6-13(12)17)9-15-19-16(20-22-15)14-10-18-7-8-21(14)2;/h3-6,9,14,18H,7-8,10H2,1-2H3;1H/b11-9-;. The van der Waals surface area contributed by atoms with E-state index in [2.05, 4.69) is 27.4 Å². The molecule has 124 valence electrons. The van der Waals surface area contributed by atoms with Crippen LogP contribution in [0.25, 0.3) is 11.6 Å². The lowest BCUT2D eigenvalue weighted by Crippen LogP contribution is -2.44. The molecule has 1 fully saturated rings. The van der Waals surface area contributed by atoms with Crippen molar-refractivity contribution in [2.24, 2.45) is 0 Å². The molecule has 2 heterocycles. The first kappa shape index (κ1) is 17.9. The Morgan fingerprint density at radius 3 is 2.96 bits per heavy atom. The number of nitrogens with one attached hydrogen (secondary N) is 1. The largest absolute Gasteiger partial charge is 0.335 e. The molecule has 23 heavy (non-hydrogen) atoms. The quantitative estimate of drug-likeness (QED) is 0.916. The van der Waals surface area contributed by atoms with Crippen LogP contribution in [0, 0.1) is 0 Å². The molecule has 0 spiro atoms. The minimum atomic E-state index is 0. The van der Waals surface area contributed by atoms with Gasteiger partial charge in [0, 0.05) is 30.7 Å². The van der Waals surface area contributed by atoms with Gasteiger partial charge in [-0.3, -0.25) is 4.90 Å². The number of halogens is 2. The fourth-order valence-corrected chi connectivity index (χ4v) is 2.86. The summed E-state index contributed by atoms with van der Waals surface area (Å²) in [5.74, 6) is 1.22. The lowest BCUT2D eigenvalue weighted by Gasteiger charge is -2.30. The number of aromatic nitrogens is 2. The van der Waals surface area contributed by atoms with Gasteiger partial charge in [0.25, 0.3) is 5.89 Å². The zero-order chi connectivity index (χ0) is 15.5. The first-order chi connectivity index (χ1) is 10.6. The van der Waals surface area contributed by atoms with Crippen LogP contribution in [0.1, 0.15) is 30.2 Å². The SMILES string of the molecule is C/C(=C/c1nc(C2CNCCN2C)no1)c1ccccc1Cl.Cl. The number of nitrogens with zero attached hydrogens (tertiary/aromatic N) is 3. The molecule has 0 aliphatic carbocycles. The van der Waals surface area contributed by atoms with Gasteiger partial charge in [0.1, 0.15) is 0 Å². The molecule has 1 unspecified atom stereocenters. The summed E-state index contributed by atoms with van der Waals surface area (Å²) in [5.41, 5.74) is 1.97. The number of piperazine rings is 1. The van der Waals surface area contributed by atoms with Crippen molar-refractivity contribution >= 4 is 35.7 Å². The lowest BCUT2D eigenvalue weighted by molar-refractivity contribution is 0.190. The molecule has 1 aromatic heterocycles. The summed E-state index contributed by atoms with van der Waals surface area (Å²) < 4.78 is 5.36. The van der Waals surface area contributed by atoms with Gasteiger partial charge in [0.2, 0.25) is 0 Å². The Balaban J connectivity index is 0.00000192. The third-order valence-electron chi connectivity index (χ3n) is 3.91. The Labute approximate surface area is 147 Å². The second kappa shape index (κ2) is 7.93. The highest BCUT2D eigenvalue weighted by Crippen LogP contribution is 2.25. The summed E-state index contributed by atoms with van der Waals surface area (Å²) in [6.45, 7) is 4.79. The third kappa shape index (κ3) is 4.12. The predicted octanol–water partition coefficient (Wildman–Crippen LogP) is 3.28. The Kier molecular flexibility index (Phi) is 6.18. The van der Waals surface area contributed by atoms with Crippen LogP contribution in [0.5, 0.6) is 0 Å². The van der Waals surface area contributed by atoms with E-state index in [1.165, 1.54) is 0 Å². The predicted molar refractivity (Wildman–Crippen MR) is 94.8 cm³/mol. The van der Waals surface area contributed by atoms with E-state index in [-0.39, 0.29) is 18.4 Å². The first-order valence-corrected chi connectivity index (χ1v) is 7.70. The minimum Gasteiger partial charge on any atom is -0.335 e.